The van der Waals surface area contributed by atoms with Crippen LogP contribution in [0.2, 0.25) is 0 Å². The fraction of sp³-hybridized carbons (Fsp3) is 0.643. The highest BCUT2D eigenvalue weighted by atomic mass is 16.6. The van der Waals surface area contributed by atoms with Gasteiger partial charge >= 0.3 is 11.9 Å². The quantitative estimate of drug-likeness (QED) is 0.0286. The van der Waals surface area contributed by atoms with Gasteiger partial charge in [-0.3, -0.25) is 47.9 Å². The van der Waals surface area contributed by atoms with Gasteiger partial charge in [0.2, 0.25) is 16.8 Å². The minimum Gasteiger partial charge on any atom is -0.463 e. The monoisotopic (exact) mass is 696 g/mol. The topological polar surface area (TPSA) is 351 Å². The Morgan fingerprint density at radius 2 is 1.08 bits per heavy atom. The summed E-state index contributed by atoms with van der Waals surface area (Å²) in [7, 11) is 0. The number of aldehydes is 1. The molecule has 48 heavy (non-hydrogen) atoms. The Morgan fingerprint density at radius 3 is 1.33 bits per heavy atom. The molecule has 0 aromatic rings. The zero-order chi connectivity index (χ0) is 39.0. The number of ether oxygens (including phenoxy) is 2. The minimum absolute atomic E-state index is 0.525. The maximum Gasteiger partial charge on any atom is 0.304 e. The molecular weight excluding hydrogens is 656 g/mol. The Bertz CT molecular complexity index is 1340. The van der Waals surface area contributed by atoms with E-state index in [4.69, 9.17) is 5.11 Å². The lowest BCUT2D eigenvalue weighted by atomic mass is 9.63. The van der Waals surface area contributed by atoms with Crippen LogP contribution in [0.5, 0.6) is 0 Å². The lowest BCUT2D eigenvalue weighted by molar-refractivity contribution is -0.244. The van der Waals surface area contributed by atoms with Crippen molar-refractivity contribution in [2.24, 2.45) is 0 Å². The number of carbonyl (C=O) groups is 10. The number of hydrogen-bond acceptors (Lipinski definition) is 20. The van der Waals surface area contributed by atoms with Gasteiger partial charge in [0.25, 0.3) is 11.4 Å². The maximum atomic E-state index is 12.3. The molecule has 20 heteroatoms. The number of ketones is 7. The Morgan fingerprint density at radius 1 is 0.646 bits per heavy atom. The van der Waals surface area contributed by atoms with Crippen molar-refractivity contribution in [2.45, 2.75) is 102 Å². The van der Waals surface area contributed by atoms with Gasteiger partial charge < -0.3 is 50.3 Å². The van der Waals surface area contributed by atoms with Crippen LogP contribution in [0, 0.1) is 0 Å². The molecule has 8 N–H and O–H groups in total. The predicted octanol–water partition coefficient (Wildman–Crippen LogP) is -5.86. The third-order valence-corrected chi connectivity index (χ3v) is 7.27. The van der Waals surface area contributed by atoms with Crippen molar-refractivity contribution in [1.82, 2.24) is 0 Å². The highest BCUT2D eigenvalue weighted by Gasteiger charge is 2.72. The number of Topliss-reactive ketones (excluding diaryl/α,β-unsaturated/α-hetero) is 7. The fourth-order valence-corrected chi connectivity index (χ4v) is 4.60. The lowest BCUT2D eigenvalue weighted by Gasteiger charge is -2.47. The molecule has 0 radical (unpaired) electrons. The Balaban J connectivity index is 0. The van der Waals surface area contributed by atoms with Crippen molar-refractivity contribution in [3.8, 4) is 0 Å². The first-order chi connectivity index (χ1) is 21.5. The maximum absolute atomic E-state index is 12.3. The molecule has 0 aromatic carbocycles. The van der Waals surface area contributed by atoms with Gasteiger partial charge in [-0.15, -0.1) is 0 Å². The van der Waals surface area contributed by atoms with Gasteiger partial charge in [-0.05, 0) is 34.6 Å². The van der Waals surface area contributed by atoms with Crippen LogP contribution in [0.4, 0.5) is 0 Å². The van der Waals surface area contributed by atoms with Crippen molar-refractivity contribution in [2.75, 3.05) is 13.2 Å². The second-order valence-electron chi connectivity index (χ2n) is 10.6. The van der Waals surface area contributed by atoms with E-state index in [9.17, 15) is 83.7 Å². The minimum atomic E-state index is -3.72. The van der Waals surface area contributed by atoms with Crippen LogP contribution in [0.1, 0.15) is 55.4 Å². The average molecular weight is 697 g/mol. The van der Waals surface area contributed by atoms with Gasteiger partial charge in [0.15, 0.2) is 46.6 Å². The summed E-state index contributed by atoms with van der Waals surface area (Å²) in [6.45, 7) is 3.28. The molecular formula is C28H40O20. The molecule has 0 bridgehead atoms. The first kappa shape index (κ1) is 46.1. The number of aliphatic hydroxyl groups excluding tert-OH is 4. The molecule has 0 saturated heterocycles. The third kappa shape index (κ3) is 7.98. The van der Waals surface area contributed by atoms with Gasteiger partial charge in [0.1, 0.15) is 24.9 Å². The van der Waals surface area contributed by atoms with E-state index in [-0.39, 0.29) is 0 Å². The number of rotatable bonds is 18. The molecule has 272 valence electrons. The van der Waals surface area contributed by atoms with E-state index in [1.54, 1.807) is 0 Å². The van der Waals surface area contributed by atoms with Crippen molar-refractivity contribution < 1.29 is 98.3 Å². The smallest absolute Gasteiger partial charge is 0.304 e. The SMILES string of the molecule is CC(=O)OC[C@@H](O)C(O)(C(C)=O)C(O)(C(C)=O)C(O)(C=O)C(C)=O.CC(=O)O[C@](C(C)=O)(C(=O)C(C)=O)C(O)(C(C)=O)[C@H](O)[C@H](O)CO. The second kappa shape index (κ2) is 16.9. The van der Waals surface area contributed by atoms with Crippen molar-refractivity contribution in [3.63, 3.8) is 0 Å². The van der Waals surface area contributed by atoms with E-state index in [1.165, 1.54) is 0 Å². The zero-order valence-electron chi connectivity index (χ0n) is 27.2. The number of esters is 2. The van der Waals surface area contributed by atoms with E-state index >= 15 is 0 Å². The largest absolute Gasteiger partial charge is 0.463 e. The summed E-state index contributed by atoms with van der Waals surface area (Å²) in [4.78, 5) is 117. The second-order valence-corrected chi connectivity index (χ2v) is 10.6. The molecule has 0 heterocycles. The van der Waals surface area contributed by atoms with Crippen LogP contribution in [0.15, 0.2) is 0 Å². The molecule has 0 spiro atoms. The average Bonchev–Trinajstić information content (AvgIpc) is 2.98. The van der Waals surface area contributed by atoms with Crippen LogP contribution in [0.25, 0.3) is 0 Å². The summed E-state index contributed by atoms with van der Waals surface area (Å²) in [6.07, 6.45) is -7.76. The lowest BCUT2D eigenvalue weighted by Crippen LogP contribution is -2.80. The zero-order valence-corrected chi connectivity index (χ0v) is 27.2. The Kier molecular flexibility index (Phi) is 16.2. The fourth-order valence-electron chi connectivity index (χ4n) is 4.60. The molecule has 0 aromatic heterocycles. The molecule has 20 nitrogen and oxygen atoms in total. The third-order valence-electron chi connectivity index (χ3n) is 7.27. The standard InChI is InChI=1S/2C14H20O10/c1-7(16)12(21,6-15)14(23,9(3)18)13(22,8(2)17)11(20)5-24-10(4)19;1-6(16)11(21)14(8(3)18,24-9(4)19)13(23,7(2)17)12(22)10(20)5-15/h6,11,20-23H,5H2,1-4H3;10,12,15,20,22-23H,5H2,1-4H3/t11-,12?,13?,14?;10-,12-,13?,14-/m11/s1. The van der Waals surface area contributed by atoms with Gasteiger partial charge in [0, 0.05) is 20.8 Å². The van der Waals surface area contributed by atoms with Crippen LogP contribution >= 0.6 is 0 Å². The van der Waals surface area contributed by atoms with Crippen molar-refractivity contribution in [3.05, 3.63) is 0 Å². The van der Waals surface area contributed by atoms with Crippen molar-refractivity contribution in [1.29, 1.82) is 0 Å². The first-order valence-corrected chi connectivity index (χ1v) is 13.5. The summed E-state index contributed by atoms with van der Waals surface area (Å²) in [5.41, 5.74) is -17.7. The number of carbonyl (C=O) groups excluding carboxylic acids is 10. The van der Waals surface area contributed by atoms with Gasteiger partial charge in [-0.1, -0.05) is 0 Å². The number of hydrogen-bond donors (Lipinski definition) is 8. The molecule has 4 unspecified atom stereocenters. The van der Waals surface area contributed by atoms with Gasteiger partial charge in [0.05, 0.1) is 6.61 Å². The number of aliphatic hydroxyl groups is 8. The summed E-state index contributed by atoms with van der Waals surface area (Å²) in [6, 6.07) is 0. The molecule has 0 aliphatic carbocycles. The normalized spacial score (nSPS) is 19.2. The summed E-state index contributed by atoms with van der Waals surface area (Å²) in [5, 5.41) is 80.5. The predicted molar refractivity (Wildman–Crippen MR) is 151 cm³/mol. The summed E-state index contributed by atoms with van der Waals surface area (Å²) in [5.74, 6) is -12.7. The Hall–Kier alpha value is -4.02. The van der Waals surface area contributed by atoms with Crippen molar-refractivity contribution >= 4 is 58.7 Å². The molecule has 0 rings (SSSR count). The van der Waals surface area contributed by atoms with Gasteiger partial charge in [-0.25, -0.2) is 0 Å². The van der Waals surface area contributed by atoms with Crippen LogP contribution in [0.3, 0.4) is 0 Å². The molecule has 8 atom stereocenters. The highest BCUT2D eigenvalue weighted by Crippen LogP contribution is 2.38. The molecule has 0 saturated carbocycles. The van der Waals surface area contributed by atoms with Crippen LogP contribution in [-0.2, 0) is 57.4 Å². The van der Waals surface area contributed by atoms with Gasteiger partial charge in [-0.2, -0.15) is 0 Å². The van der Waals surface area contributed by atoms with E-state index in [1.807, 2.05) is 0 Å². The molecule has 0 fully saturated rings. The highest BCUT2D eigenvalue weighted by molar-refractivity contribution is 6.45. The molecule has 0 aliphatic rings. The van der Waals surface area contributed by atoms with Crippen LogP contribution in [-0.4, -0.2) is 159 Å². The summed E-state index contributed by atoms with van der Waals surface area (Å²) >= 11 is 0. The molecule has 0 amide bonds. The first-order valence-electron chi connectivity index (χ1n) is 13.5. The van der Waals surface area contributed by atoms with E-state index in [0.29, 0.717) is 41.5 Å². The Labute approximate surface area is 272 Å². The van der Waals surface area contributed by atoms with Crippen LogP contribution < -0.4 is 0 Å². The van der Waals surface area contributed by atoms with E-state index in [2.05, 4.69) is 9.47 Å². The molecule has 0 aliphatic heterocycles. The van der Waals surface area contributed by atoms with E-state index < -0.39 is 118 Å². The summed E-state index contributed by atoms with van der Waals surface area (Å²) < 4.78 is 8.99. The van der Waals surface area contributed by atoms with E-state index in [0.717, 1.165) is 13.8 Å².